The summed E-state index contributed by atoms with van der Waals surface area (Å²) in [5, 5.41) is 2.69. The third kappa shape index (κ3) is 3.46. The van der Waals surface area contributed by atoms with Gasteiger partial charge in [-0.1, -0.05) is 29.8 Å². The van der Waals surface area contributed by atoms with Crippen molar-refractivity contribution in [3.8, 4) is 0 Å². The van der Waals surface area contributed by atoms with Crippen LogP contribution < -0.4 is 10.2 Å². The first-order chi connectivity index (χ1) is 11.8. The van der Waals surface area contributed by atoms with E-state index >= 15 is 0 Å². The largest absolute Gasteiger partial charge is 0.335 e. The highest BCUT2D eigenvalue weighted by Gasteiger charge is 2.36. The molecule has 1 heterocycles. The van der Waals surface area contributed by atoms with E-state index in [2.05, 4.69) is 5.32 Å². The van der Waals surface area contributed by atoms with E-state index in [1.165, 1.54) is 6.08 Å². The molecule has 0 unspecified atom stereocenters. The summed E-state index contributed by atoms with van der Waals surface area (Å²) in [4.78, 5) is 38.1. The van der Waals surface area contributed by atoms with Crippen molar-refractivity contribution >= 4 is 41.2 Å². The van der Waals surface area contributed by atoms with Crippen LogP contribution in [0.2, 0.25) is 5.02 Å². The predicted octanol–water partition coefficient (Wildman–Crippen LogP) is 3.62. The van der Waals surface area contributed by atoms with Crippen LogP contribution in [0.5, 0.6) is 0 Å². The maximum atomic E-state index is 12.8. The Morgan fingerprint density at radius 2 is 1.68 bits per heavy atom. The van der Waals surface area contributed by atoms with E-state index in [0.29, 0.717) is 16.3 Å². The molecule has 2 aromatic rings. The highest BCUT2D eigenvalue weighted by molar-refractivity contribution is 6.39. The standard InChI is InChI=1S/C19H15ClN2O3/c1-11-6-12(2)8-15(7-11)22-18(24)16(17(23)21-19(22)25)10-13-4-3-5-14(20)9-13/h3-10H,1-2H3,(H,21,23,25)/b16-10+. The molecule has 2 aromatic carbocycles. The van der Waals surface area contributed by atoms with Crippen LogP contribution in [0.1, 0.15) is 16.7 Å². The Morgan fingerprint density at radius 3 is 2.32 bits per heavy atom. The molecule has 0 radical (unpaired) electrons. The van der Waals surface area contributed by atoms with Crippen molar-refractivity contribution in [3.63, 3.8) is 0 Å². The molecular weight excluding hydrogens is 340 g/mol. The van der Waals surface area contributed by atoms with Gasteiger partial charge in [0.15, 0.2) is 0 Å². The lowest BCUT2D eigenvalue weighted by molar-refractivity contribution is -0.122. The molecule has 126 valence electrons. The number of carbonyl (C=O) groups excluding carboxylic acids is 3. The molecule has 0 spiro atoms. The van der Waals surface area contributed by atoms with Crippen molar-refractivity contribution in [2.75, 3.05) is 4.90 Å². The number of aryl methyl sites for hydroxylation is 2. The number of hydrogen-bond donors (Lipinski definition) is 1. The van der Waals surface area contributed by atoms with Gasteiger partial charge in [0.1, 0.15) is 5.57 Å². The van der Waals surface area contributed by atoms with Crippen LogP contribution in [0.25, 0.3) is 6.08 Å². The first-order valence-electron chi connectivity index (χ1n) is 7.60. The first kappa shape index (κ1) is 16.9. The number of benzene rings is 2. The average Bonchev–Trinajstić information content (AvgIpc) is 2.50. The molecule has 1 aliphatic heterocycles. The molecule has 0 aliphatic carbocycles. The fourth-order valence-corrected chi connectivity index (χ4v) is 2.93. The number of imide groups is 2. The van der Waals surface area contributed by atoms with Gasteiger partial charge in [0, 0.05) is 5.02 Å². The van der Waals surface area contributed by atoms with Crippen molar-refractivity contribution in [1.82, 2.24) is 5.32 Å². The molecule has 25 heavy (non-hydrogen) atoms. The monoisotopic (exact) mass is 354 g/mol. The lowest BCUT2D eigenvalue weighted by Gasteiger charge is -2.27. The van der Waals surface area contributed by atoms with Crippen LogP contribution in [0, 0.1) is 13.8 Å². The van der Waals surface area contributed by atoms with Gasteiger partial charge in [-0.05, 0) is 60.9 Å². The third-order valence-electron chi connectivity index (χ3n) is 3.73. The van der Waals surface area contributed by atoms with Crippen molar-refractivity contribution in [2.24, 2.45) is 0 Å². The Bertz CT molecular complexity index is 914. The minimum Gasteiger partial charge on any atom is -0.273 e. The maximum Gasteiger partial charge on any atom is 0.335 e. The van der Waals surface area contributed by atoms with Crippen molar-refractivity contribution in [2.45, 2.75) is 13.8 Å². The van der Waals surface area contributed by atoms with Gasteiger partial charge in [0.2, 0.25) is 0 Å². The Hall–Kier alpha value is -2.92. The Labute approximate surface area is 149 Å². The summed E-state index contributed by atoms with van der Waals surface area (Å²) in [7, 11) is 0. The van der Waals surface area contributed by atoms with E-state index in [4.69, 9.17) is 11.6 Å². The summed E-state index contributed by atoms with van der Waals surface area (Å²) in [5.41, 5.74) is 2.71. The summed E-state index contributed by atoms with van der Waals surface area (Å²) in [6.07, 6.45) is 1.42. The van der Waals surface area contributed by atoms with Gasteiger partial charge in [-0.25, -0.2) is 9.69 Å². The van der Waals surface area contributed by atoms with Crippen LogP contribution in [0.3, 0.4) is 0 Å². The molecule has 6 heteroatoms. The van der Waals surface area contributed by atoms with Gasteiger partial charge in [-0.2, -0.15) is 0 Å². The molecular formula is C19H15ClN2O3. The quantitative estimate of drug-likeness (QED) is 0.661. The Balaban J connectivity index is 2.05. The number of hydrogen-bond acceptors (Lipinski definition) is 3. The van der Waals surface area contributed by atoms with Crippen molar-refractivity contribution in [1.29, 1.82) is 0 Å². The van der Waals surface area contributed by atoms with E-state index in [-0.39, 0.29) is 5.57 Å². The van der Waals surface area contributed by atoms with Gasteiger partial charge in [0.05, 0.1) is 5.69 Å². The number of nitrogens with one attached hydrogen (secondary N) is 1. The van der Waals surface area contributed by atoms with E-state index in [0.717, 1.165) is 16.0 Å². The molecule has 5 nitrogen and oxygen atoms in total. The van der Waals surface area contributed by atoms with Crippen LogP contribution >= 0.6 is 11.6 Å². The van der Waals surface area contributed by atoms with Gasteiger partial charge in [0.25, 0.3) is 11.8 Å². The molecule has 4 amide bonds. The summed E-state index contributed by atoms with van der Waals surface area (Å²) < 4.78 is 0. The number of barbiturate groups is 1. The fourth-order valence-electron chi connectivity index (χ4n) is 2.73. The lowest BCUT2D eigenvalue weighted by atomic mass is 10.1. The molecule has 0 aromatic heterocycles. The summed E-state index contributed by atoms with van der Waals surface area (Å²) in [6, 6.07) is 11.4. The average molecular weight is 355 g/mol. The Kier molecular flexibility index (Phi) is 4.42. The number of urea groups is 1. The van der Waals surface area contributed by atoms with E-state index < -0.39 is 17.8 Å². The van der Waals surface area contributed by atoms with E-state index in [9.17, 15) is 14.4 Å². The van der Waals surface area contributed by atoms with Crippen LogP contribution in [-0.4, -0.2) is 17.8 Å². The Morgan fingerprint density at radius 1 is 1.00 bits per heavy atom. The summed E-state index contributed by atoms with van der Waals surface area (Å²) in [6.45, 7) is 3.74. The molecule has 3 rings (SSSR count). The van der Waals surface area contributed by atoms with Gasteiger partial charge >= 0.3 is 6.03 Å². The third-order valence-corrected chi connectivity index (χ3v) is 3.96. The summed E-state index contributed by atoms with van der Waals surface area (Å²) in [5.74, 6) is -1.39. The second-order valence-electron chi connectivity index (χ2n) is 5.86. The van der Waals surface area contributed by atoms with Crippen molar-refractivity contribution in [3.05, 3.63) is 69.8 Å². The normalized spacial score (nSPS) is 16.4. The van der Waals surface area contributed by atoms with Crippen LogP contribution in [0.15, 0.2) is 48.0 Å². The van der Waals surface area contributed by atoms with Crippen molar-refractivity contribution < 1.29 is 14.4 Å². The van der Waals surface area contributed by atoms with Crippen LogP contribution in [0.4, 0.5) is 10.5 Å². The highest BCUT2D eigenvalue weighted by Crippen LogP contribution is 2.24. The number of nitrogens with zero attached hydrogens (tertiary/aromatic N) is 1. The molecule has 1 fully saturated rings. The fraction of sp³-hybridized carbons (Fsp3) is 0.105. The zero-order valence-electron chi connectivity index (χ0n) is 13.7. The second-order valence-corrected chi connectivity index (χ2v) is 6.30. The molecule has 0 atom stereocenters. The predicted molar refractivity (Wildman–Crippen MR) is 96.4 cm³/mol. The topological polar surface area (TPSA) is 66.5 Å². The smallest absolute Gasteiger partial charge is 0.273 e. The molecule has 0 bridgehead atoms. The number of amides is 4. The minimum absolute atomic E-state index is 0.124. The first-order valence-corrected chi connectivity index (χ1v) is 7.98. The number of carbonyl (C=O) groups is 3. The molecule has 0 saturated carbocycles. The van der Waals surface area contributed by atoms with Gasteiger partial charge in [-0.3, -0.25) is 14.9 Å². The SMILES string of the molecule is Cc1cc(C)cc(N2C(=O)NC(=O)/C(=C\c3cccc(Cl)c3)C2=O)c1. The van der Waals surface area contributed by atoms with E-state index in [1.807, 2.05) is 19.9 Å². The molecule has 1 aliphatic rings. The number of halogens is 1. The zero-order chi connectivity index (χ0) is 18.1. The number of anilines is 1. The zero-order valence-corrected chi connectivity index (χ0v) is 14.4. The van der Waals surface area contributed by atoms with Gasteiger partial charge < -0.3 is 0 Å². The van der Waals surface area contributed by atoms with E-state index in [1.54, 1.807) is 36.4 Å². The second kappa shape index (κ2) is 6.53. The van der Waals surface area contributed by atoms with Crippen LogP contribution in [-0.2, 0) is 9.59 Å². The maximum absolute atomic E-state index is 12.8. The molecule has 1 N–H and O–H groups in total. The molecule has 1 saturated heterocycles. The minimum atomic E-state index is -0.761. The van der Waals surface area contributed by atoms with Gasteiger partial charge in [-0.15, -0.1) is 0 Å². The highest BCUT2D eigenvalue weighted by atomic mass is 35.5. The lowest BCUT2D eigenvalue weighted by Crippen LogP contribution is -2.54. The summed E-state index contributed by atoms with van der Waals surface area (Å²) >= 11 is 5.94. The number of rotatable bonds is 2.